The van der Waals surface area contributed by atoms with Crippen LogP contribution < -0.4 is 19.1 Å². The lowest BCUT2D eigenvalue weighted by atomic mass is 10.0. The summed E-state index contributed by atoms with van der Waals surface area (Å²) in [5.41, 5.74) is 2.48. The lowest BCUT2D eigenvalue weighted by Crippen LogP contribution is -2.53. The van der Waals surface area contributed by atoms with Gasteiger partial charge in [0, 0.05) is 25.0 Å². The average molecular weight is 650 g/mol. The fraction of sp³-hybridized carbons (Fsp3) is 0.235. The van der Waals surface area contributed by atoms with Gasteiger partial charge in [0.1, 0.15) is 24.1 Å². The summed E-state index contributed by atoms with van der Waals surface area (Å²) in [6.45, 7) is 1.21. The summed E-state index contributed by atoms with van der Waals surface area (Å²) in [6.07, 6.45) is 0.196. The summed E-state index contributed by atoms with van der Waals surface area (Å²) in [4.78, 5) is 29.3. The van der Waals surface area contributed by atoms with Gasteiger partial charge in [-0.1, -0.05) is 71.8 Å². The minimum absolute atomic E-state index is 0.00601. The van der Waals surface area contributed by atoms with Crippen molar-refractivity contribution in [3.8, 4) is 11.5 Å². The van der Waals surface area contributed by atoms with E-state index >= 15 is 0 Å². The van der Waals surface area contributed by atoms with Crippen molar-refractivity contribution in [3.05, 3.63) is 119 Å². The molecule has 236 valence electrons. The Bertz CT molecular complexity index is 1730. The number of sulfonamides is 1. The van der Waals surface area contributed by atoms with Gasteiger partial charge >= 0.3 is 0 Å². The molecule has 0 aromatic heterocycles. The molecule has 0 bridgehead atoms. The smallest absolute Gasteiger partial charge is 0.264 e. The normalized spacial score (nSPS) is 11.8. The minimum Gasteiger partial charge on any atom is -0.497 e. The van der Waals surface area contributed by atoms with Gasteiger partial charge in [-0.25, -0.2) is 8.42 Å². The molecule has 4 rings (SSSR count). The van der Waals surface area contributed by atoms with E-state index in [0.717, 1.165) is 15.4 Å². The fourth-order valence-electron chi connectivity index (χ4n) is 4.90. The largest absolute Gasteiger partial charge is 0.497 e. The highest BCUT2D eigenvalue weighted by atomic mass is 35.5. The van der Waals surface area contributed by atoms with Crippen molar-refractivity contribution in [2.24, 2.45) is 0 Å². The highest BCUT2D eigenvalue weighted by molar-refractivity contribution is 7.92. The van der Waals surface area contributed by atoms with E-state index in [-0.39, 0.29) is 34.3 Å². The van der Waals surface area contributed by atoms with Crippen LogP contribution in [0.25, 0.3) is 0 Å². The van der Waals surface area contributed by atoms with E-state index in [9.17, 15) is 18.0 Å². The molecule has 9 nitrogen and oxygen atoms in total. The Kier molecular flexibility index (Phi) is 11.1. The van der Waals surface area contributed by atoms with E-state index in [2.05, 4.69) is 5.32 Å². The third kappa shape index (κ3) is 8.14. The predicted molar refractivity (Wildman–Crippen MR) is 175 cm³/mol. The fourth-order valence-corrected chi connectivity index (χ4v) is 6.48. The number of carbonyl (C=O) groups excluding carboxylic acids is 2. The third-order valence-corrected chi connectivity index (χ3v) is 9.31. The Morgan fingerprint density at radius 3 is 2.20 bits per heavy atom. The predicted octanol–water partition coefficient (Wildman–Crippen LogP) is 5.25. The number of halogens is 1. The van der Waals surface area contributed by atoms with Crippen molar-refractivity contribution in [1.82, 2.24) is 10.2 Å². The maximum absolute atomic E-state index is 14.5. The maximum atomic E-state index is 14.5. The van der Waals surface area contributed by atoms with Gasteiger partial charge in [0.05, 0.1) is 24.8 Å². The number of nitrogens with zero attached hydrogens (tertiary/aromatic N) is 2. The van der Waals surface area contributed by atoms with E-state index < -0.39 is 34.4 Å². The molecule has 0 aliphatic rings. The number of anilines is 1. The van der Waals surface area contributed by atoms with E-state index in [1.165, 1.54) is 50.4 Å². The summed E-state index contributed by atoms with van der Waals surface area (Å²) in [5, 5.41) is 2.93. The van der Waals surface area contributed by atoms with Crippen molar-refractivity contribution < 1.29 is 27.5 Å². The Labute approximate surface area is 269 Å². The topological polar surface area (TPSA) is 105 Å². The van der Waals surface area contributed by atoms with Gasteiger partial charge in [-0.15, -0.1) is 0 Å². The molecule has 11 heteroatoms. The number of aryl methyl sites for hydroxylation is 1. The second-order valence-electron chi connectivity index (χ2n) is 10.3. The second-order valence-corrected chi connectivity index (χ2v) is 12.6. The molecule has 45 heavy (non-hydrogen) atoms. The summed E-state index contributed by atoms with van der Waals surface area (Å²) in [5.74, 6) is -0.232. The summed E-state index contributed by atoms with van der Waals surface area (Å²) < 4.78 is 40.3. The van der Waals surface area contributed by atoms with Crippen LogP contribution in [0.1, 0.15) is 16.7 Å². The average Bonchev–Trinajstić information content (AvgIpc) is 3.05. The SMILES string of the molecule is CNC(=O)C(Cc1ccccc1)N(Cc1cccc(OC)c1)C(=O)CN(c1cc(Cl)ccc1OC)S(=O)(=O)c1ccc(C)cc1. The van der Waals surface area contributed by atoms with Crippen LogP contribution in [-0.2, 0) is 32.6 Å². The Balaban J connectivity index is 1.84. The van der Waals surface area contributed by atoms with Crippen molar-refractivity contribution in [2.75, 3.05) is 32.1 Å². The highest BCUT2D eigenvalue weighted by Crippen LogP contribution is 2.35. The van der Waals surface area contributed by atoms with Crippen LogP contribution in [0.4, 0.5) is 5.69 Å². The molecule has 2 amide bonds. The molecule has 0 saturated carbocycles. The van der Waals surface area contributed by atoms with Gasteiger partial charge < -0.3 is 19.7 Å². The Morgan fingerprint density at radius 1 is 0.867 bits per heavy atom. The zero-order valence-electron chi connectivity index (χ0n) is 25.6. The monoisotopic (exact) mass is 649 g/mol. The number of carbonyl (C=O) groups is 2. The van der Waals surface area contributed by atoms with Crippen LogP contribution in [0, 0.1) is 6.92 Å². The van der Waals surface area contributed by atoms with Gasteiger partial charge in [0.15, 0.2) is 0 Å². The van der Waals surface area contributed by atoms with Gasteiger partial charge in [-0.2, -0.15) is 0 Å². The molecule has 0 spiro atoms. The summed E-state index contributed by atoms with van der Waals surface area (Å²) in [6, 6.07) is 26.3. The van der Waals surface area contributed by atoms with Crippen LogP contribution in [0.5, 0.6) is 11.5 Å². The molecule has 0 fully saturated rings. The van der Waals surface area contributed by atoms with Crippen LogP contribution in [0.2, 0.25) is 5.02 Å². The van der Waals surface area contributed by atoms with Crippen LogP contribution in [0.15, 0.2) is 102 Å². The molecule has 1 atom stereocenters. The van der Waals surface area contributed by atoms with Gasteiger partial charge in [0.2, 0.25) is 11.8 Å². The number of ether oxygens (including phenoxy) is 2. The molecule has 1 unspecified atom stereocenters. The van der Waals surface area contributed by atoms with Crippen molar-refractivity contribution in [2.45, 2.75) is 30.8 Å². The third-order valence-electron chi connectivity index (χ3n) is 7.30. The molecule has 4 aromatic carbocycles. The van der Waals surface area contributed by atoms with Gasteiger partial charge in [-0.3, -0.25) is 13.9 Å². The van der Waals surface area contributed by atoms with Crippen LogP contribution in [-0.4, -0.2) is 59.0 Å². The number of hydrogen-bond acceptors (Lipinski definition) is 6. The number of amides is 2. The van der Waals surface area contributed by atoms with Gasteiger partial charge in [-0.05, 0) is 60.5 Å². The first-order valence-electron chi connectivity index (χ1n) is 14.2. The molecule has 0 aliphatic heterocycles. The molecule has 0 radical (unpaired) electrons. The lowest BCUT2D eigenvalue weighted by Gasteiger charge is -2.34. The number of benzene rings is 4. The van der Waals surface area contributed by atoms with E-state index in [1.54, 1.807) is 36.4 Å². The van der Waals surface area contributed by atoms with E-state index in [1.807, 2.05) is 43.3 Å². The van der Waals surface area contributed by atoms with Crippen molar-refractivity contribution >= 4 is 39.1 Å². The number of methoxy groups -OCH3 is 2. The first-order valence-corrected chi connectivity index (χ1v) is 16.0. The lowest BCUT2D eigenvalue weighted by molar-refractivity contribution is -0.139. The van der Waals surface area contributed by atoms with Crippen molar-refractivity contribution in [1.29, 1.82) is 0 Å². The maximum Gasteiger partial charge on any atom is 0.264 e. The first kappa shape index (κ1) is 33.4. The molecule has 1 N–H and O–H groups in total. The Morgan fingerprint density at radius 2 is 1.56 bits per heavy atom. The Hall–Kier alpha value is -4.54. The highest BCUT2D eigenvalue weighted by Gasteiger charge is 2.35. The zero-order chi connectivity index (χ0) is 32.6. The second kappa shape index (κ2) is 15.0. The van der Waals surface area contributed by atoms with Crippen molar-refractivity contribution in [3.63, 3.8) is 0 Å². The molecular weight excluding hydrogens is 614 g/mol. The first-order chi connectivity index (χ1) is 21.6. The standard InChI is InChI=1S/C34H36ClN3O6S/c1-24-13-16-29(17-14-24)45(41,42)38(30-21-27(35)15-18-32(30)44-4)23-33(39)37(22-26-11-8-12-28(19-26)43-3)31(34(40)36-2)20-25-9-6-5-7-10-25/h5-19,21,31H,20,22-23H2,1-4H3,(H,36,40). The number of nitrogens with one attached hydrogen (secondary N) is 1. The quantitative estimate of drug-likeness (QED) is 0.212. The van der Waals surface area contributed by atoms with Gasteiger partial charge in [0.25, 0.3) is 10.0 Å². The van der Waals surface area contributed by atoms with E-state index in [0.29, 0.717) is 11.3 Å². The number of rotatable bonds is 13. The zero-order valence-corrected chi connectivity index (χ0v) is 27.1. The molecule has 4 aromatic rings. The van der Waals surface area contributed by atoms with Crippen LogP contribution >= 0.6 is 11.6 Å². The summed E-state index contributed by atoms with van der Waals surface area (Å²) in [7, 11) is 0.127. The molecule has 0 saturated heterocycles. The molecular formula is C34H36ClN3O6S. The number of likely N-dealkylation sites (N-methyl/N-ethyl adjacent to an activating group) is 1. The van der Waals surface area contributed by atoms with E-state index in [4.69, 9.17) is 21.1 Å². The van der Waals surface area contributed by atoms with Crippen LogP contribution in [0.3, 0.4) is 0 Å². The summed E-state index contributed by atoms with van der Waals surface area (Å²) >= 11 is 6.33. The molecule has 0 aliphatic carbocycles. The molecule has 0 heterocycles. The number of hydrogen-bond donors (Lipinski definition) is 1. The minimum atomic E-state index is -4.32.